The zero-order chi connectivity index (χ0) is 23.5. The van der Waals surface area contributed by atoms with Gasteiger partial charge in [0.1, 0.15) is 11.5 Å². The minimum Gasteiger partial charge on any atom is -0.508 e. The summed E-state index contributed by atoms with van der Waals surface area (Å²) in [4.78, 5) is 0. The van der Waals surface area contributed by atoms with E-state index in [0.717, 1.165) is 22.3 Å². The Hall–Kier alpha value is -4.30. The van der Waals surface area contributed by atoms with Gasteiger partial charge in [-0.1, -0.05) is 91.0 Å². The number of benzene rings is 5. The van der Waals surface area contributed by atoms with E-state index < -0.39 is 0 Å². The average Bonchev–Trinajstić information content (AvgIpc) is 2.90. The fourth-order valence-corrected chi connectivity index (χ4v) is 4.60. The maximum atomic E-state index is 9.71. The van der Waals surface area contributed by atoms with Crippen LogP contribution < -0.4 is 0 Å². The number of phenols is 2. The van der Waals surface area contributed by atoms with Crippen LogP contribution in [0.1, 0.15) is 23.6 Å². The van der Waals surface area contributed by atoms with Gasteiger partial charge < -0.3 is 10.2 Å². The van der Waals surface area contributed by atoms with E-state index in [2.05, 4.69) is 79.7 Å². The van der Waals surface area contributed by atoms with Crippen molar-refractivity contribution < 1.29 is 10.2 Å². The Kier molecular flexibility index (Phi) is 5.65. The van der Waals surface area contributed by atoms with Gasteiger partial charge in [0.15, 0.2) is 0 Å². The highest BCUT2D eigenvalue weighted by molar-refractivity contribution is 5.69. The molecule has 0 saturated heterocycles. The lowest BCUT2D eigenvalue weighted by atomic mass is 9.70. The lowest BCUT2D eigenvalue weighted by Gasteiger charge is -2.32. The topological polar surface area (TPSA) is 40.5 Å². The SMILES string of the molecule is CC(c1ccccc1)(c1cccc(-c2ccc(O)cc2)c1)c1cccc(-c2ccc(O)cc2)c1. The first-order valence-electron chi connectivity index (χ1n) is 11.4. The minimum atomic E-state index is -0.388. The van der Waals surface area contributed by atoms with Crippen molar-refractivity contribution in [3.63, 3.8) is 0 Å². The summed E-state index contributed by atoms with van der Waals surface area (Å²) in [6.07, 6.45) is 0. The van der Waals surface area contributed by atoms with Gasteiger partial charge in [0.05, 0.1) is 0 Å². The van der Waals surface area contributed by atoms with Crippen molar-refractivity contribution >= 4 is 0 Å². The predicted molar refractivity (Wildman–Crippen MR) is 139 cm³/mol. The zero-order valence-corrected chi connectivity index (χ0v) is 19.0. The average molecular weight is 443 g/mol. The molecule has 0 aliphatic heterocycles. The number of rotatable bonds is 5. The molecule has 166 valence electrons. The smallest absolute Gasteiger partial charge is 0.115 e. The predicted octanol–water partition coefficient (Wildman–Crippen LogP) is 7.79. The van der Waals surface area contributed by atoms with Gasteiger partial charge in [0.25, 0.3) is 0 Å². The molecule has 5 aromatic rings. The molecule has 0 amide bonds. The number of phenolic OH excluding ortho intramolecular Hbond substituents is 2. The van der Waals surface area contributed by atoms with Crippen LogP contribution in [0.4, 0.5) is 0 Å². The van der Waals surface area contributed by atoms with Crippen molar-refractivity contribution in [2.24, 2.45) is 0 Å². The monoisotopic (exact) mass is 442 g/mol. The van der Waals surface area contributed by atoms with Crippen LogP contribution in [0.5, 0.6) is 11.5 Å². The van der Waals surface area contributed by atoms with E-state index in [1.165, 1.54) is 16.7 Å². The van der Waals surface area contributed by atoms with E-state index in [1.54, 1.807) is 24.3 Å². The zero-order valence-electron chi connectivity index (χ0n) is 19.0. The molecule has 0 aromatic heterocycles. The number of hydrogen-bond acceptors (Lipinski definition) is 2. The highest BCUT2D eigenvalue weighted by Crippen LogP contribution is 2.41. The molecule has 0 radical (unpaired) electrons. The van der Waals surface area contributed by atoms with Crippen molar-refractivity contribution in [1.29, 1.82) is 0 Å². The quantitative estimate of drug-likeness (QED) is 0.273. The third kappa shape index (κ3) is 4.06. The van der Waals surface area contributed by atoms with Crippen molar-refractivity contribution in [2.75, 3.05) is 0 Å². The van der Waals surface area contributed by atoms with E-state index in [1.807, 2.05) is 30.3 Å². The molecular formula is C32H26O2. The first-order chi connectivity index (χ1) is 16.5. The summed E-state index contributed by atoms with van der Waals surface area (Å²) >= 11 is 0. The molecule has 2 nitrogen and oxygen atoms in total. The van der Waals surface area contributed by atoms with Gasteiger partial charge in [-0.15, -0.1) is 0 Å². The Morgan fingerprint density at radius 3 is 1.26 bits per heavy atom. The molecule has 2 heteroatoms. The highest BCUT2D eigenvalue weighted by atomic mass is 16.3. The van der Waals surface area contributed by atoms with Gasteiger partial charge >= 0.3 is 0 Å². The van der Waals surface area contributed by atoms with Crippen LogP contribution in [0.3, 0.4) is 0 Å². The molecule has 5 aromatic carbocycles. The summed E-state index contributed by atoms with van der Waals surface area (Å²) in [5.74, 6) is 0.528. The molecule has 0 heterocycles. The largest absolute Gasteiger partial charge is 0.508 e. The normalized spacial score (nSPS) is 11.3. The van der Waals surface area contributed by atoms with Crippen LogP contribution in [-0.4, -0.2) is 10.2 Å². The lowest BCUT2D eigenvalue weighted by Crippen LogP contribution is -2.25. The molecule has 0 atom stereocenters. The van der Waals surface area contributed by atoms with Crippen molar-refractivity contribution in [3.05, 3.63) is 144 Å². The fraction of sp³-hybridized carbons (Fsp3) is 0.0625. The van der Waals surface area contributed by atoms with Crippen LogP contribution in [0.2, 0.25) is 0 Å². The third-order valence-electron chi connectivity index (χ3n) is 6.63. The van der Waals surface area contributed by atoms with E-state index in [9.17, 15) is 10.2 Å². The summed E-state index contributed by atoms with van der Waals surface area (Å²) < 4.78 is 0. The molecule has 0 aliphatic carbocycles. The van der Waals surface area contributed by atoms with E-state index >= 15 is 0 Å². The van der Waals surface area contributed by atoms with Crippen molar-refractivity contribution in [3.8, 4) is 33.8 Å². The molecule has 0 aliphatic rings. The fourth-order valence-electron chi connectivity index (χ4n) is 4.60. The Balaban J connectivity index is 1.67. The lowest BCUT2D eigenvalue weighted by molar-refractivity contribution is 0.475. The second kappa shape index (κ2) is 8.92. The second-order valence-electron chi connectivity index (χ2n) is 8.75. The summed E-state index contributed by atoms with van der Waals surface area (Å²) in [5.41, 5.74) is 7.53. The van der Waals surface area contributed by atoms with Gasteiger partial charge in [-0.05, 0) is 82.3 Å². The first-order valence-corrected chi connectivity index (χ1v) is 11.4. The summed E-state index contributed by atoms with van der Waals surface area (Å²) in [6, 6.07) is 42.5. The Morgan fingerprint density at radius 2 is 0.824 bits per heavy atom. The number of aromatic hydroxyl groups is 2. The van der Waals surface area contributed by atoms with Crippen LogP contribution in [-0.2, 0) is 5.41 Å². The summed E-state index contributed by atoms with van der Waals surface area (Å²) in [7, 11) is 0. The van der Waals surface area contributed by atoms with Gasteiger partial charge in [0, 0.05) is 5.41 Å². The van der Waals surface area contributed by atoms with Gasteiger partial charge in [-0.3, -0.25) is 0 Å². The summed E-state index contributed by atoms with van der Waals surface area (Å²) in [5, 5.41) is 19.4. The van der Waals surface area contributed by atoms with E-state index in [4.69, 9.17) is 0 Å². The molecule has 0 bridgehead atoms. The Morgan fingerprint density at radius 1 is 0.412 bits per heavy atom. The minimum absolute atomic E-state index is 0.264. The standard InChI is InChI=1S/C32H26O2/c1-32(27-9-3-2-4-10-27,28-11-5-7-25(21-28)23-13-17-30(33)18-14-23)29-12-6-8-26(22-29)24-15-19-31(34)20-16-24/h2-22,33-34H,1H3. The van der Waals surface area contributed by atoms with E-state index in [0.29, 0.717) is 0 Å². The molecule has 0 fully saturated rings. The van der Waals surface area contributed by atoms with Crippen LogP contribution in [0.25, 0.3) is 22.3 Å². The molecule has 2 N–H and O–H groups in total. The van der Waals surface area contributed by atoms with Crippen LogP contribution in [0.15, 0.2) is 127 Å². The van der Waals surface area contributed by atoms with Crippen LogP contribution >= 0.6 is 0 Å². The molecule has 0 unspecified atom stereocenters. The third-order valence-corrected chi connectivity index (χ3v) is 6.63. The first kappa shape index (κ1) is 21.5. The maximum Gasteiger partial charge on any atom is 0.115 e. The van der Waals surface area contributed by atoms with Gasteiger partial charge in [-0.25, -0.2) is 0 Å². The van der Waals surface area contributed by atoms with Gasteiger partial charge in [0.2, 0.25) is 0 Å². The van der Waals surface area contributed by atoms with Crippen molar-refractivity contribution in [1.82, 2.24) is 0 Å². The van der Waals surface area contributed by atoms with Crippen molar-refractivity contribution in [2.45, 2.75) is 12.3 Å². The number of hydrogen-bond donors (Lipinski definition) is 2. The van der Waals surface area contributed by atoms with Gasteiger partial charge in [-0.2, -0.15) is 0 Å². The highest BCUT2D eigenvalue weighted by Gasteiger charge is 2.31. The van der Waals surface area contributed by atoms with E-state index in [-0.39, 0.29) is 16.9 Å². The Labute approximate surface area is 200 Å². The maximum absolute atomic E-state index is 9.71. The Bertz CT molecular complexity index is 1310. The summed E-state index contributed by atoms with van der Waals surface area (Å²) in [6.45, 7) is 2.27. The van der Waals surface area contributed by atoms with Crippen LogP contribution in [0, 0.1) is 0 Å². The molecule has 0 spiro atoms. The molecule has 0 saturated carbocycles. The molecular weight excluding hydrogens is 416 g/mol. The second-order valence-corrected chi connectivity index (χ2v) is 8.75. The molecule has 34 heavy (non-hydrogen) atoms. The molecule has 5 rings (SSSR count).